The van der Waals surface area contributed by atoms with E-state index in [9.17, 15) is 37.5 Å². The van der Waals surface area contributed by atoms with E-state index < -0.39 is 43.1 Å². The number of thiol groups is 1. The van der Waals surface area contributed by atoms with E-state index in [1.165, 1.54) is 49.3 Å². The Labute approximate surface area is 223 Å². The SMILES string of the molecule is COc1cc(S(=O)(=O)O)c(C)cc1NC(=O)[C@@H]1C[C@@H](CC(=O)S)CN1C(=O)OCc1ccc([N+](=O)[O-])cc1. The second kappa shape index (κ2) is 11.8. The molecule has 1 aliphatic heterocycles. The molecule has 0 saturated carbocycles. The summed E-state index contributed by atoms with van der Waals surface area (Å²) in [4.78, 5) is 48.8. The van der Waals surface area contributed by atoms with E-state index in [1.807, 2.05) is 0 Å². The van der Waals surface area contributed by atoms with E-state index in [0.717, 1.165) is 6.07 Å². The molecule has 0 aliphatic carbocycles. The first kappa shape index (κ1) is 28.9. The second-order valence-corrected chi connectivity index (χ2v) is 10.5. The number of hydrogen-bond acceptors (Lipinski definition) is 9. The van der Waals surface area contributed by atoms with E-state index in [0.29, 0.717) is 5.56 Å². The van der Waals surface area contributed by atoms with Crippen LogP contribution < -0.4 is 10.1 Å². The number of anilines is 1. The molecule has 2 aromatic rings. The highest BCUT2D eigenvalue weighted by atomic mass is 32.2. The van der Waals surface area contributed by atoms with Crippen LogP contribution in [0.3, 0.4) is 0 Å². The molecule has 2 atom stereocenters. The number of non-ortho nitro benzene ring substituents is 1. The zero-order valence-electron chi connectivity index (χ0n) is 20.3. The lowest BCUT2D eigenvalue weighted by molar-refractivity contribution is -0.384. The average Bonchev–Trinajstić information content (AvgIpc) is 3.25. The summed E-state index contributed by atoms with van der Waals surface area (Å²) in [6.45, 7) is 1.26. The molecule has 2 amide bonds. The third kappa shape index (κ3) is 6.99. The smallest absolute Gasteiger partial charge is 0.410 e. The Bertz CT molecular complexity index is 1360. The van der Waals surface area contributed by atoms with Gasteiger partial charge in [0.05, 0.1) is 17.7 Å². The number of ether oxygens (including phenoxy) is 2. The number of rotatable bonds is 9. The largest absolute Gasteiger partial charge is 0.495 e. The Kier molecular flexibility index (Phi) is 8.96. The van der Waals surface area contributed by atoms with Crippen molar-refractivity contribution >= 4 is 51.2 Å². The van der Waals surface area contributed by atoms with Gasteiger partial charge in [0.25, 0.3) is 15.8 Å². The number of benzene rings is 2. The minimum atomic E-state index is -4.54. The normalized spacial score (nSPS) is 17.1. The molecule has 2 N–H and O–H groups in total. The van der Waals surface area contributed by atoms with Gasteiger partial charge in [-0.15, -0.1) is 12.6 Å². The van der Waals surface area contributed by atoms with Gasteiger partial charge in [0.15, 0.2) is 5.12 Å². The predicted molar refractivity (Wildman–Crippen MR) is 137 cm³/mol. The molecule has 3 rings (SSSR count). The van der Waals surface area contributed by atoms with Crippen molar-refractivity contribution in [3.63, 3.8) is 0 Å². The summed E-state index contributed by atoms with van der Waals surface area (Å²) in [6, 6.07) is 6.75. The predicted octanol–water partition coefficient (Wildman–Crippen LogP) is 2.97. The number of nitrogens with zero attached hydrogens (tertiary/aromatic N) is 2. The van der Waals surface area contributed by atoms with Crippen molar-refractivity contribution in [2.45, 2.75) is 37.3 Å². The Morgan fingerprint density at radius 2 is 1.89 bits per heavy atom. The van der Waals surface area contributed by atoms with Gasteiger partial charge in [0, 0.05) is 31.2 Å². The van der Waals surface area contributed by atoms with Crippen molar-refractivity contribution < 1.29 is 41.8 Å². The number of nitrogens with one attached hydrogen (secondary N) is 1. The molecule has 0 spiro atoms. The number of likely N-dealkylation sites (tertiary alicyclic amines) is 1. The summed E-state index contributed by atoms with van der Waals surface area (Å²) < 4.78 is 43.1. The van der Waals surface area contributed by atoms with Gasteiger partial charge in [0.2, 0.25) is 5.91 Å². The fraction of sp³-hybridized carbons (Fsp3) is 0.348. The van der Waals surface area contributed by atoms with Crippen LogP contribution >= 0.6 is 12.6 Å². The topological polar surface area (TPSA) is 182 Å². The molecule has 204 valence electrons. The van der Waals surface area contributed by atoms with E-state index in [2.05, 4.69) is 17.9 Å². The molecule has 13 nitrogen and oxygen atoms in total. The number of nitro benzene ring substituents is 1. The third-order valence-corrected chi connectivity index (χ3v) is 7.11. The lowest BCUT2D eigenvalue weighted by atomic mass is 10.0. The zero-order valence-corrected chi connectivity index (χ0v) is 22.0. The molecule has 0 unspecified atom stereocenters. The van der Waals surface area contributed by atoms with E-state index in [1.54, 1.807) is 0 Å². The molecule has 0 bridgehead atoms. The molecule has 0 radical (unpaired) electrons. The van der Waals surface area contributed by atoms with Gasteiger partial charge in [-0.25, -0.2) is 4.79 Å². The summed E-state index contributed by atoms with van der Waals surface area (Å²) in [5.74, 6) is -1.04. The summed E-state index contributed by atoms with van der Waals surface area (Å²) in [5, 5.41) is 13.0. The van der Waals surface area contributed by atoms with Crippen molar-refractivity contribution in [3.8, 4) is 5.75 Å². The Morgan fingerprint density at radius 1 is 1.24 bits per heavy atom. The van der Waals surface area contributed by atoms with Crippen LogP contribution in [0.5, 0.6) is 5.75 Å². The van der Waals surface area contributed by atoms with Crippen LogP contribution in [0.4, 0.5) is 16.2 Å². The molecule has 1 saturated heterocycles. The lowest BCUT2D eigenvalue weighted by Crippen LogP contribution is -2.43. The molecule has 15 heteroatoms. The van der Waals surface area contributed by atoms with E-state index in [-0.39, 0.29) is 54.6 Å². The van der Waals surface area contributed by atoms with Gasteiger partial charge in [-0.3, -0.25) is 29.2 Å². The van der Waals surface area contributed by atoms with Crippen molar-refractivity contribution in [2.75, 3.05) is 19.0 Å². The van der Waals surface area contributed by atoms with Crippen LogP contribution in [-0.4, -0.2) is 59.6 Å². The molecule has 0 aromatic heterocycles. The van der Waals surface area contributed by atoms with Gasteiger partial charge in [-0.05, 0) is 48.6 Å². The summed E-state index contributed by atoms with van der Waals surface area (Å²) in [7, 11) is -3.29. The molecular weight excluding hydrogens is 542 g/mol. The molecule has 1 heterocycles. The van der Waals surface area contributed by atoms with Crippen molar-refractivity contribution in [3.05, 3.63) is 57.6 Å². The van der Waals surface area contributed by atoms with Gasteiger partial charge in [-0.1, -0.05) is 0 Å². The van der Waals surface area contributed by atoms with Crippen molar-refractivity contribution in [1.82, 2.24) is 4.90 Å². The molecule has 38 heavy (non-hydrogen) atoms. The highest BCUT2D eigenvalue weighted by Gasteiger charge is 2.41. The Balaban J connectivity index is 1.79. The molecule has 1 fully saturated rings. The monoisotopic (exact) mass is 567 g/mol. The second-order valence-electron chi connectivity index (χ2n) is 8.63. The quantitative estimate of drug-likeness (QED) is 0.176. The summed E-state index contributed by atoms with van der Waals surface area (Å²) in [5.41, 5.74) is 0.625. The van der Waals surface area contributed by atoms with Gasteiger partial charge >= 0.3 is 6.09 Å². The first-order chi connectivity index (χ1) is 17.8. The van der Waals surface area contributed by atoms with Crippen LogP contribution in [0.25, 0.3) is 0 Å². The molecule has 2 aromatic carbocycles. The molecule has 1 aliphatic rings. The van der Waals surface area contributed by atoms with Crippen LogP contribution in [0, 0.1) is 23.0 Å². The Morgan fingerprint density at radius 3 is 2.45 bits per heavy atom. The first-order valence-electron chi connectivity index (χ1n) is 11.2. The van der Waals surface area contributed by atoms with E-state index >= 15 is 0 Å². The number of methoxy groups -OCH3 is 1. The van der Waals surface area contributed by atoms with Crippen molar-refractivity contribution in [2.24, 2.45) is 5.92 Å². The number of amides is 2. The van der Waals surface area contributed by atoms with Gasteiger partial charge < -0.3 is 14.8 Å². The van der Waals surface area contributed by atoms with Gasteiger partial charge in [0.1, 0.15) is 23.3 Å². The summed E-state index contributed by atoms with van der Waals surface area (Å²) >= 11 is 3.79. The molecular formula is C23H25N3O10S2. The minimum absolute atomic E-state index is 0.0184. The number of aryl methyl sites for hydroxylation is 1. The third-order valence-electron chi connectivity index (χ3n) is 5.93. The Hall–Kier alpha value is -3.69. The minimum Gasteiger partial charge on any atom is -0.495 e. The van der Waals surface area contributed by atoms with Gasteiger partial charge in [-0.2, -0.15) is 8.42 Å². The fourth-order valence-corrected chi connectivity index (χ4v) is 5.12. The summed E-state index contributed by atoms with van der Waals surface area (Å²) in [6.07, 6.45) is -0.679. The fourth-order valence-electron chi connectivity index (χ4n) is 4.14. The first-order valence-corrected chi connectivity index (χ1v) is 13.0. The number of hydrogen-bond donors (Lipinski definition) is 3. The van der Waals surface area contributed by atoms with Crippen LogP contribution in [0.15, 0.2) is 41.3 Å². The van der Waals surface area contributed by atoms with Crippen LogP contribution in [0.1, 0.15) is 24.0 Å². The van der Waals surface area contributed by atoms with Crippen molar-refractivity contribution in [1.29, 1.82) is 0 Å². The number of carbonyl (C=O) groups excluding carboxylic acids is 3. The van der Waals surface area contributed by atoms with Crippen LogP contribution in [-0.2, 0) is 31.1 Å². The lowest BCUT2D eigenvalue weighted by Gasteiger charge is -2.24. The highest BCUT2D eigenvalue weighted by Crippen LogP contribution is 2.33. The maximum atomic E-state index is 13.2. The maximum Gasteiger partial charge on any atom is 0.410 e. The highest BCUT2D eigenvalue weighted by molar-refractivity contribution is 7.96. The standard InChI is InChI=1S/C23H25N3O10S2/c1-13-7-17(19(35-2)10-20(13)38(32,33)34)24-22(28)18-8-15(9-21(27)37)11-25(18)23(29)36-12-14-3-5-16(6-4-14)26(30)31/h3-7,10,15,18H,8-9,11-12H2,1-2H3,(H,24,28)(H,27,37)(H,32,33,34)/t15-,18-/m0/s1. The number of nitro groups is 1. The zero-order chi connectivity index (χ0) is 28.2. The number of carbonyl (C=O) groups is 3. The average molecular weight is 568 g/mol. The van der Waals surface area contributed by atoms with Crippen LogP contribution in [0.2, 0.25) is 0 Å². The maximum absolute atomic E-state index is 13.2. The van der Waals surface area contributed by atoms with E-state index in [4.69, 9.17) is 9.47 Å².